The minimum absolute atomic E-state index is 0.163. The molecule has 1 saturated heterocycles. The van der Waals surface area contributed by atoms with Crippen LogP contribution in [0.1, 0.15) is 24.8 Å². The minimum atomic E-state index is -0.215. The normalized spacial score (nSPS) is 15.1. The van der Waals surface area contributed by atoms with E-state index in [0.717, 1.165) is 30.6 Å². The van der Waals surface area contributed by atoms with E-state index in [1.165, 1.54) is 6.08 Å². The largest absolute Gasteiger partial charge is 0.472 e. The monoisotopic (exact) mass is 310 g/mol. The van der Waals surface area contributed by atoms with Gasteiger partial charge in [-0.25, -0.2) is 0 Å². The second kappa shape index (κ2) is 6.96. The zero-order valence-corrected chi connectivity index (χ0v) is 12.7. The number of amides is 2. The third-order valence-corrected chi connectivity index (χ3v) is 3.74. The summed E-state index contributed by atoms with van der Waals surface area (Å²) in [5.74, 6) is -0.0518. The summed E-state index contributed by atoms with van der Waals surface area (Å²) in [6.45, 7) is 0.762. The van der Waals surface area contributed by atoms with Gasteiger partial charge in [-0.2, -0.15) is 0 Å². The van der Waals surface area contributed by atoms with Crippen LogP contribution in [-0.4, -0.2) is 18.4 Å². The van der Waals surface area contributed by atoms with Crippen LogP contribution >= 0.6 is 0 Å². The van der Waals surface area contributed by atoms with Crippen molar-refractivity contribution in [1.29, 1.82) is 0 Å². The molecule has 0 unspecified atom stereocenters. The number of nitrogens with one attached hydrogen (secondary N) is 1. The van der Waals surface area contributed by atoms with E-state index in [9.17, 15) is 9.59 Å². The lowest BCUT2D eigenvalue weighted by Crippen LogP contribution is -2.35. The lowest BCUT2D eigenvalue weighted by molar-refractivity contribution is -0.119. The molecule has 1 aromatic heterocycles. The smallest absolute Gasteiger partial charge is 0.248 e. The van der Waals surface area contributed by atoms with E-state index in [-0.39, 0.29) is 11.8 Å². The maximum atomic E-state index is 11.9. The van der Waals surface area contributed by atoms with Crippen LogP contribution < -0.4 is 10.2 Å². The predicted molar refractivity (Wildman–Crippen MR) is 89.0 cm³/mol. The molecule has 5 heteroatoms. The van der Waals surface area contributed by atoms with Crippen molar-refractivity contribution in [2.75, 3.05) is 16.8 Å². The fraction of sp³-hybridized carbons (Fsp3) is 0.222. The molecule has 0 radical (unpaired) electrons. The van der Waals surface area contributed by atoms with Gasteiger partial charge < -0.3 is 14.6 Å². The van der Waals surface area contributed by atoms with Crippen molar-refractivity contribution in [2.45, 2.75) is 19.3 Å². The summed E-state index contributed by atoms with van der Waals surface area (Å²) in [6, 6.07) is 9.10. The van der Waals surface area contributed by atoms with Crippen LogP contribution in [-0.2, 0) is 9.59 Å². The highest BCUT2D eigenvalue weighted by molar-refractivity contribution is 6.02. The fourth-order valence-corrected chi connectivity index (χ4v) is 2.53. The molecule has 1 aliphatic heterocycles. The minimum Gasteiger partial charge on any atom is -0.472 e. The van der Waals surface area contributed by atoms with Crippen molar-refractivity contribution in [1.82, 2.24) is 0 Å². The van der Waals surface area contributed by atoms with Crippen molar-refractivity contribution in [3.8, 4) is 0 Å². The second-order valence-electron chi connectivity index (χ2n) is 5.43. The molecule has 1 fully saturated rings. The highest BCUT2D eigenvalue weighted by atomic mass is 16.3. The number of carbonyl (C=O) groups is 2. The second-order valence-corrected chi connectivity index (χ2v) is 5.43. The van der Waals surface area contributed by atoms with E-state index in [4.69, 9.17) is 4.42 Å². The molecule has 0 saturated carbocycles. The van der Waals surface area contributed by atoms with Gasteiger partial charge in [0.2, 0.25) is 11.8 Å². The summed E-state index contributed by atoms with van der Waals surface area (Å²) in [4.78, 5) is 25.5. The Kier molecular flexibility index (Phi) is 4.57. The van der Waals surface area contributed by atoms with Crippen LogP contribution in [0.4, 0.5) is 11.4 Å². The maximum Gasteiger partial charge on any atom is 0.248 e. The number of hydrogen-bond acceptors (Lipinski definition) is 3. The van der Waals surface area contributed by atoms with Gasteiger partial charge in [-0.05, 0) is 49.2 Å². The quantitative estimate of drug-likeness (QED) is 0.880. The highest BCUT2D eigenvalue weighted by Crippen LogP contribution is 2.22. The van der Waals surface area contributed by atoms with Crippen molar-refractivity contribution in [2.24, 2.45) is 0 Å². The van der Waals surface area contributed by atoms with Crippen LogP contribution in [0.25, 0.3) is 6.08 Å². The van der Waals surface area contributed by atoms with E-state index in [2.05, 4.69) is 5.32 Å². The van der Waals surface area contributed by atoms with Gasteiger partial charge in [0.1, 0.15) is 0 Å². The number of piperidine rings is 1. The number of carbonyl (C=O) groups excluding carboxylic acids is 2. The van der Waals surface area contributed by atoms with Crippen LogP contribution in [0.3, 0.4) is 0 Å². The SMILES string of the molecule is O=C(C=Cc1ccoc1)Nc1ccc(N2CCCCC2=O)cc1. The Hall–Kier alpha value is -2.82. The van der Waals surface area contributed by atoms with E-state index >= 15 is 0 Å². The van der Waals surface area contributed by atoms with Gasteiger partial charge in [0.15, 0.2) is 0 Å². The van der Waals surface area contributed by atoms with Crippen LogP contribution in [0, 0.1) is 0 Å². The average Bonchev–Trinajstić information content (AvgIpc) is 3.08. The van der Waals surface area contributed by atoms with E-state index < -0.39 is 0 Å². The zero-order valence-electron chi connectivity index (χ0n) is 12.7. The summed E-state index contributed by atoms with van der Waals surface area (Å²) >= 11 is 0. The third-order valence-electron chi connectivity index (χ3n) is 3.74. The fourth-order valence-electron chi connectivity index (χ4n) is 2.53. The Morgan fingerprint density at radius 3 is 2.70 bits per heavy atom. The van der Waals surface area contributed by atoms with Gasteiger partial charge in [0.05, 0.1) is 12.5 Å². The van der Waals surface area contributed by atoms with Gasteiger partial charge in [-0.1, -0.05) is 0 Å². The number of furan rings is 1. The number of rotatable bonds is 4. The Morgan fingerprint density at radius 2 is 2.00 bits per heavy atom. The maximum absolute atomic E-state index is 11.9. The molecular weight excluding hydrogens is 292 g/mol. The Bertz CT molecular complexity index is 702. The first-order valence-corrected chi connectivity index (χ1v) is 7.64. The molecule has 2 heterocycles. The molecule has 0 bridgehead atoms. The molecule has 1 N–H and O–H groups in total. The summed E-state index contributed by atoms with van der Waals surface area (Å²) < 4.78 is 4.93. The van der Waals surface area contributed by atoms with Crippen molar-refractivity contribution >= 4 is 29.3 Å². The third kappa shape index (κ3) is 3.88. The first-order chi connectivity index (χ1) is 11.2. The average molecular weight is 310 g/mol. The van der Waals surface area contributed by atoms with Gasteiger partial charge in [0.25, 0.3) is 0 Å². The van der Waals surface area contributed by atoms with Crippen molar-refractivity contribution in [3.63, 3.8) is 0 Å². The summed E-state index contributed by atoms with van der Waals surface area (Å²) in [5, 5.41) is 2.79. The molecule has 1 aliphatic rings. The molecule has 5 nitrogen and oxygen atoms in total. The first kappa shape index (κ1) is 15.1. The van der Waals surface area contributed by atoms with Crippen molar-refractivity contribution < 1.29 is 14.0 Å². The molecule has 1 aromatic carbocycles. The number of anilines is 2. The zero-order chi connectivity index (χ0) is 16.1. The molecule has 0 spiro atoms. The van der Waals surface area contributed by atoms with E-state index in [1.54, 1.807) is 41.7 Å². The number of nitrogens with zero attached hydrogens (tertiary/aromatic N) is 1. The van der Waals surface area contributed by atoms with Gasteiger partial charge >= 0.3 is 0 Å². The van der Waals surface area contributed by atoms with Crippen LogP contribution in [0.5, 0.6) is 0 Å². The predicted octanol–water partition coefficient (Wildman–Crippen LogP) is 3.45. The molecule has 0 aliphatic carbocycles. The lowest BCUT2D eigenvalue weighted by atomic mass is 10.1. The highest BCUT2D eigenvalue weighted by Gasteiger charge is 2.19. The Morgan fingerprint density at radius 1 is 1.17 bits per heavy atom. The first-order valence-electron chi connectivity index (χ1n) is 7.64. The topological polar surface area (TPSA) is 62.6 Å². The number of hydrogen-bond donors (Lipinski definition) is 1. The summed E-state index contributed by atoms with van der Waals surface area (Å²) in [7, 11) is 0. The lowest BCUT2D eigenvalue weighted by Gasteiger charge is -2.26. The molecular formula is C18H18N2O3. The molecule has 0 atom stereocenters. The standard InChI is InChI=1S/C18H18N2O3/c21-17(9-4-14-10-12-23-13-14)19-15-5-7-16(8-6-15)20-11-2-1-3-18(20)22/h4-10,12-13H,1-3,11H2,(H,19,21). The van der Waals surface area contributed by atoms with Crippen LogP contribution in [0.2, 0.25) is 0 Å². The Labute approximate surface area is 134 Å². The molecule has 23 heavy (non-hydrogen) atoms. The Balaban J connectivity index is 1.61. The number of benzene rings is 1. The summed E-state index contributed by atoms with van der Waals surface area (Å²) in [6.07, 6.45) is 8.85. The molecule has 2 amide bonds. The van der Waals surface area contributed by atoms with Gasteiger partial charge in [0, 0.05) is 36.0 Å². The summed E-state index contributed by atoms with van der Waals surface area (Å²) in [5.41, 5.74) is 2.40. The van der Waals surface area contributed by atoms with E-state index in [0.29, 0.717) is 12.1 Å². The van der Waals surface area contributed by atoms with Crippen molar-refractivity contribution in [3.05, 3.63) is 54.5 Å². The van der Waals surface area contributed by atoms with Crippen LogP contribution in [0.15, 0.2) is 53.4 Å². The molecule has 2 aromatic rings. The van der Waals surface area contributed by atoms with E-state index in [1.807, 2.05) is 12.1 Å². The molecule has 118 valence electrons. The molecule has 3 rings (SSSR count). The van der Waals surface area contributed by atoms with Gasteiger partial charge in [-0.3, -0.25) is 9.59 Å². The van der Waals surface area contributed by atoms with Gasteiger partial charge in [-0.15, -0.1) is 0 Å².